The number of nitrogens with zero attached hydrogens (tertiary/aromatic N) is 3. The number of anilines is 1. The second kappa shape index (κ2) is 11.2. The van der Waals surface area contributed by atoms with Gasteiger partial charge < -0.3 is 14.6 Å². The van der Waals surface area contributed by atoms with Crippen LogP contribution in [0.15, 0.2) is 54.6 Å². The molecule has 4 rings (SSSR count). The molecule has 0 aliphatic carbocycles. The van der Waals surface area contributed by atoms with Crippen LogP contribution in [0.3, 0.4) is 0 Å². The summed E-state index contributed by atoms with van der Waals surface area (Å²) in [6.07, 6.45) is -1.50. The molecule has 2 saturated heterocycles. The van der Waals surface area contributed by atoms with E-state index in [0.29, 0.717) is 56.3 Å². The molecule has 2 atom stereocenters. The first-order chi connectivity index (χ1) is 17.3. The van der Waals surface area contributed by atoms with Crippen LogP contribution in [-0.4, -0.2) is 90.3 Å². The van der Waals surface area contributed by atoms with Crippen LogP contribution in [0.1, 0.15) is 12.5 Å². The van der Waals surface area contributed by atoms with Crippen LogP contribution in [0.2, 0.25) is 0 Å². The number of carbonyl (C=O) groups is 3. The van der Waals surface area contributed by atoms with Crippen LogP contribution >= 0.6 is 0 Å². The second-order valence-electron chi connectivity index (χ2n) is 8.72. The maximum absolute atomic E-state index is 12.5. The SMILES string of the molecule is CC(C(=O)O)N1CCN(CC2CN(c3ccc(C(=N)NC(=O)Oc4ccccc4)cc3)C(=O)O2)CC1. The number of carboxylic acid groups (broad SMARTS) is 1. The molecule has 11 nitrogen and oxygen atoms in total. The molecule has 0 saturated carbocycles. The number of cyclic esters (lactones) is 1. The molecule has 0 radical (unpaired) electrons. The predicted octanol–water partition coefficient (Wildman–Crippen LogP) is 2.22. The van der Waals surface area contributed by atoms with E-state index in [2.05, 4.69) is 10.2 Å². The molecule has 2 fully saturated rings. The quantitative estimate of drug-likeness (QED) is 0.393. The predicted molar refractivity (Wildman–Crippen MR) is 132 cm³/mol. The number of carboxylic acids is 1. The lowest BCUT2D eigenvalue weighted by molar-refractivity contribution is -0.143. The lowest BCUT2D eigenvalue weighted by Crippen LogP contribution is -2.53. The van der Waals surface area contributed by atoms with Gasteiger partial charge in [-0.1, -0.05) is 18.2 Å². The van der Waals surface area contributed by atoms with E-state index >= 15 is 0 Å². The minimum absolute atomic E-state index is 0.124. The van der Waals surface area contributed by atoms with Crippen molar-refractivity contribution in [1.29, 1.82) is 5.41 Å². The van der Waals surface area contributed by atoms with Crippen LogP contribution in [0, 0.1) is 5.41 Å². The van der Waals surface area contributed by atoms with E-state index in [-0.39, 0.29) is 11.9 Å². The van der Waals surface area contributed by atoms with Gasteiger partial charge in [-0.2, -0.15) is 0 Å². The molecule has 36 heavy (non-hydrogen) atoms. The van der Waals surface area contributed by atoms with Crippen molar-refractivity contribution in [3.63, 3.8) is 0 Å². The number of nitrogens with one attached hydrogen (secondary N) is 2. The van der Waals surface area contributed by atoms with Gasteiger partial charge in [0, 0.05) is 44.0 Å². The molecule has 0 bridgehead atoms. The lowest BCUT2D eigenvalue weighted by atomic mass is 10.1. The maximum Gasteiger partial charge on any atom is 0.418 e. The smallest absolute Gasteiger partial charge is 0.418 e. The highest BCUT2D eigenvalue weighted by Crippen LogP contribution is 2.23. The van der Waals surface area contributed by atoms with Crippen LogP contribution < -0.4 is 15.0 Å². The number of rotatable bonds is 7. The average Bonchev–Trinajstić information content (AvgIpc) is 3.24. The summed E-state index contributed by atoms with van der Waals surface area (Å²) in [5, 5.41) is 19.7. The van der Waals surface area contributed by atoms with Gasteiger partial charge in [0.2, 0.25) is 0 Å². The Hall–Kier alpha value is -3.96. The van der Waals surface area contributed by atoms with Gasteiger partial charge in [0.05, 0.1) is 6.54 Å². The van der Waals surface area contributed by atoms with Crippen LogP contribution in [-0.2, 0) is 9.53 Å². The van der Waals surface area contributed by atoms with Crippen LogP contribution in [0.4, 0.5) is 15.3 Å². The Bertz CT molecular complexity index is 1100. The summed E-state index contributed by atoms with van der Waals surface area (Å²) < 4.78 is 10.7. The molecule has 0 aromatic heterocycles. The number of hydrogen-bond acceptors (Lipinski definition) is 8. The van der Waals surface area contributed by atoms with Gasteiger partial charge in [-0.25, -0.2) is 9.59 Å². The molecule has 2 aliphatic heterocycles. The Morgan fingerprint density at radius 3 is 2.42 bits per heavy atom. The van der Waals surface area contributed by atoms with E-state index in [1.165, 1.54) is 4.90 Å². The normalized spacial score (nSPS) is 19.4. The van der Waals surface area contributed by atoms with Gasteiger partial charge in [0.15, 0.2) is 0 Å². The molecule has 190 valence electrons. The van der Waals surface area contributed by atoms with E-state index in [4.69, 9.17) is 14.9 Å². The summed E-state index contributed by atoms with van der Waals surface area (Å²) in [4.78, 5) is 41.3. The van der Waals surface area contributed by atoms with Crippen molar-refractivity contribution < 1.29 is 29.0 Å². The highest BCUT2D eigenvalue weighted by Gasteiger charge is 2.34. The third kappa shape index (κ3) is 6.18. The number of carbonyl (C=O) groups excluding carboxylic acids is 2. The minimum atomic E-state index is -0.826. The molecule has 3 N–H and O–H groups in total. The number of amidine groups is 1. The van der Waals surface area contributed by atoms with E-state index in [9.17, 15) is 19.5 Å². The zero-order chi connectivity index (χ0) is 25.7. The third-order valence-corrected chi connectivity index (χ3v) is 6.30. The Morgan fingerprint density at radius 2 is 1.78 bits per heavy atom. The fourth-order valence-corrected chi connectivity index (χ4v) is 4.21. The molecule has 2 amide bonds. The van der Waals surface area contributed by atoms with Gasteiger partial charge in [-0.15, -0.1) is 0 Å². The lowest BCUT2D eigenvalue weighted by Gasteiger charge is -2.37. The summed E-state index contributed by atoms with van der Waals surface area (Å²) in [5.41, 5.74) is 1.09. The van der Waals surface area contributed by atoms with E-state index in [1.807, 2.05) is 4.90 Å². The zero-order valence-corrected chi connectivity index (χ0v) is 19.9. The largest absolute Gasteiger partial charge is 0.480 e. The van der Waals surface area contributed by atoms with Crippen LogP contribution in [0.5, 0.6) is 5.75 Å². The van der Waals surface area contributed by atoms with E-state index in [0.717, 1.165) is 0 Å². The number of piperazine rings is 1. The van der Waals surface area contributed by atoms with Crippen molar-refractivity contribution in [3.8, 4) is 5.75 Å². The molecule has 2 aromatic carbocycles. The number of hydrogen-bond donors (Lipinski definition) is 3. The summed E-state index contributed by atoms with van der Waals surface area (Å²) in [7, 11) is 0. The monoisotopic (exact) mass is 495 g/mol. The van der Waals surface area contributed by atoms with Gasteiger partial charge in [0.25, 0.3) is 0 Å². The Morgan fingerprint density at radius 1 is 1.11 bits per heavy atom. The second-order valence-corrected chi connectivity index (χ2v) is 8.72. The minimum Gasteiger partial charge on any atom is -0.480 e. The Labute approximate surface area is 208 Å². The van der Waals surface area contributed by atoms with Crippen molar-refractivity contribution in [2.45, 2.75) is 19.1 Å². The van der Waals surface area contributed by atoms with Gasteiger partial charge in [-0.05, 0) is 43.3 Å². The van der Waals surface area contributed by atoms with Crippen molar-refractivity contribution in [2.24, 2.45) is 0 Å². The molecular weight excluding hydrogens is 466 g/mol. The summed E-state index contributed by atoms with van der Waals surface area (Å²) in [5.74, 6) is -0.578. The molecule has 0 spiro atoms. The first kappa shape index (κ1) is 25.1. The van der Waals surface area contributed by atoms with Gasteiger partial charge in [0.1, 0.15) is 23.7 Å². The fourth-order valence-electron chi connectivity index (χ4n) is 4.21. The number of amides is 2. The molecule has 2 aliphatic rings. The topological polar surface area (TPSA) is 136 Å². The number of para-hydroxylation sites is 1. The number of ether oxygens (including phenoxy) is 2. The summed E-state index contributed by atoms with van der Waals surface area (Å²) in [6.45, 7) is 5.38. The zero-order valence-electron chi connectivity index (χ0n) is 19.9. The fraction of sp³-hybridized carbons (Fsp3) is 0.360. The van der Waals surface area contributed by atoms with Crippen molar-refractivity contribution in [3.05, 3.63) is 60.2 Å². The van der Waals surface area contributed by atoms with Crippen molar-refractivity contribution >= 4 is 29.7 Å². The summed E-state index contributed by atoms with van der Waals surface area (Å²) >= 11 is 0. The van der Waals surface area contributed by atoms with Gasteiger partial charge >= 0.3 is 18.2 Å². The molecule has 11 heteroatoms. The standard InChI is InChI=1S/C25H29N5O6/c1-17(23(31)32)29-13-11-28(12-14-29)15-21-16-30(25(34)36-21)19-9-7-18(8-10-19)22(26)27-24(33)35-20-5-3-2-4-6-20/h2-10,17,21H,11-16H2,1H3,(H,31,32)(H2,26,27,33). The number of benzene rings is 2. The van der Waals surface area contributed by atoms with Crippen molar-refractivity contribution in [1.82, 2.24) is 15.1 Å². The molecule has 2 unspecified atom stereocenters. The third-order valence-electron chi connectivity index (χ3n) is 6.30. The van der Waals surface area contributed by atoms with E-state index in [1.54, 1.807) is 61.5 Å². The first-order valence-corrected chi connectivity index (χ1v) is 11.7. The highest BCUT2D eigenvalue weighted by molar-refractivity contribution is 6.05. The molecular formula is C25H29N5O6. The van der Waals surface area contributed by atoms with E-state index < -0.39 is 24.2 Å². The highest BCUT2D eigenvalue weighted by atomic mass is 16.6. The van der Waals surface area contributed by atoms with Crippen LogP contribution in [0.25, 0.3) is 0 Å². The maximum atomic E-state index is 12.5. The average molecular weight is 496 g/mol. The Kier molecular flexibility index (Phi) is 7.81. The summed E-state index contributed by atoms with van der Waals surface area (Å²) in [6, 6.07) is 14.7. The molecule has 2 heterocycles. The van der Waals surface area contributed by atoms with Gasteiger partial charge in [-0.3, -0.25) is 30.2 Å². The molecule has 2 aromatic rings. The van der Waals surface area contributed by atoms with Crippen molar-refractivity contribution in [2.75, 3.05) is 44.2 Å². The number of aliphatic carboxylic acids is 1. The Balaban J connectivity index is 1.26. The first-order valence-electron chi connectivity index (χ1n) is 11.7.